The molecule has 0 bridgehead atoms. The predicted molar refractivity (Wildman–Crippen MR) is 99.1 cm³/mol. The number of aromatic nitrogens is 3. The third-order valence-corrected chi connectivity index (χ3v) is 5.10. The van der Waals surface area contributed by atoms with Crippen molar-refractivity contribution in [2.75, 3.05) is 13.7 Å². The Morgan fingerprint density at radius 2 is 2.11 bits per heavy atom. The highest BCUT2D eigenvalue weighted by molar-refractivity contribution is 5.94. The lowest BCUT2D eigenvalue weighted by molar-refractivity contribution is 0.0734. The van der Waals surface area contributed by atoms with Crippen molar-refractivity contribution in [2.24, 2.45) is 0 Å². The number of aryl methyl sites for hydroxylation is 2. The van der Waals surface area contributed by atoms with Crippen molar-refractivity contribution < 1.29 is 14.1 Å². The first-order valence-corrected chi connectivity index (χ1v) is 9.02. The van der Waals surface area contributed by atoms with Crippen LogP contribution >= 0.6 is 0 Å². The molecular weight excluding hydrogens is 344 g/mol. The van der Waals surface area contributed by atoms with E-state index in [4.69, 9.17) is 9.26 Å². The van der Waals surface area contributed by atoms with Crippen LogP contribution in [0.3, 0.4) is 0 Å². The third kappa shape index (κ3) is 2.99. The Morgan fingerprint density at radius 3 is 2.85 bits per heavy atom. The summed E-state index contributed by atoms with van der Waals surface area (Å²) >= 11 is 0. The Balaban J connectivity index is 1.63. The standard InChI is InChI=1S/C20H22N4O3/c1-13-19(14(2)27-22-13)17-8-6-10-23(17)20(25)15-11-21-24(12-15)16-7-4-5-9-18(16)26-3/h4-5,7,9,11-12,17H,6,8,10H2,1-3H3. The second-order valence-electron chi connectivity index (χ2n) is 6.74. The van der Waals surface area contributed by atoms with Gasteiger partial charge in [0, 0.05) is 18.3 Å². The number of carbonyl (C=O) groups is 1. The molecule has 1 amide bonds. The minimum Gasteiger partial charge on any atom is -0.494 e. The van der Waals surface area contributed by atoms with Gasteiger partial charge in [-0.2, -0.15) is 5.10 Å². The largest absolute Gasteiger partial charge is 0.494 e. The van der Waals surface area contributed by atoms with E-state index in [2.05, 4.69) is 10.3 Å². The first-order valence-electron chi connectivity index (χ1n) is 9.02. The van der Waals surface area contributed by atoms with Gasteiger partial charge in [-0.1, -0.05) is 17.3 Å². The minimum absolute atomic E-state index is 0.00152. The molecule has 0 spiro atoms. The Labute approximate surface area is 157 Å². The zero-order chi connectivity index (χ0) is 19.0. The summed E-state index contributed by atoms with van der Waals surface area (Å²) in [5.41, 5.74) is 3.22. The summed E-state index contributed by atoms with van der Waals surface area (Å²) in [6.45, 7) is 4.54. The van der Waals surface area contributed by atoms with Gasteiger partial charge in [0.2, 0.25) is 0 Å². The maximum absolute atomic E-state index is 13.2. The molecule has 1 atom stereocenters. The number of hydrogen-bond acceptors (Lipinski definition) is 5. The summed E-state index contributed by atoms with van der Waals surface area (Å²) < 4.78 is 12.4. The van der Waals surface area contributed by atoms with Crippen LogP contribution in [0.5, 0.6) is 5.75 Å². The van der Waals surface area contributed by atoms with Crippen LogP contribution in [0, 0.1) is 13.8 Å². The number of likely N-dealkylation sites (tertiary alicyclic amines) is 1. The van der Waals surface area contributed by atoms with E-state index in [0.717, 1.165) is 35.5 Å². The van der Waals surface area contributed by atoms with Gasteiger partial charge in [-0.15, -0.1) is 0 Å². The van der Waals surface area contributed by atoms with Crippen molar-refractivity contribution in [3.63, 3.8) is 0 Å². The fraction of sp³-hybridized carbons (Fsp3) is 0.350. The first-order chi connectivity index (χ1) is 13.1. The fourth-order valence-corrected chi connectivity index (χ4v) is 3.83. The predicted octanol–water partition coefficient (Wildman–Crippen LogP) is 3.46. The number of hydrogen-bond donors (Lipinski definition) is 0. The molecular formula is C20H22N4O3. The van der Waals surface area contributed by atoms with Crippen LogP contribution in [0.25, 0.3) is 5.69 Å². The number of carbonyl (C=O) groups excluding carboxylic acids is 1. The van der Waals surface area contributed by atoms with Crippen molar-refractivity contribution in [1.82, 2.24) is 19.8 Å². The molecule has 1 aromatic carbocycles. The van der Waals surface area contributed by atoms with Gasteiger partial charge < -0.3 is 14.2 Å². The van der Waals surface area contributed by atoms with Gasteiger partial charge >= 0.3 is 0 Å². The van der Waals surface area contributed by atoms with Crippen molar-refractivity contribution in [3.8, 4) is 11.4 Å². The van der Waals surface area contributed by atoms with E-state index in [0.29, 0.717) is 17.9 Å². The highest BCUT2D eigenvalue weighted by atomic mass is 16.5. The van der Waals surface area contributed by atoms with Crippen LogP contribution in [-0.4, -0.2) is 39.4 Å². The third-order valence-electron chi connectivity index (χ3n) is 5.10. The molecule has 1 aliphatic heterocycles. The lowest BCUT2D eigenvalue weighted by Gasteiger charge is -2.24. The van der Waals surface area contributed by atoms with Gasteiger partial charge in [-0.25, -0.2) is 4.68 Å². The summed E-state index contributed by atoms with van der Waals surface area (Å²) in [6.07, 6.45) is 5.23. The van der Waals surface area contributed by atoms with Crippen molar-refractivity contribution in [3.05, 3.63) is 59.2 Å². The summed E-state index contributed by atoms with van der Waals surface area (Å²) in [7, 11) is 1.62. The Bertz CT molecular complexity index is 956. The van der Waals surface area contributed by atoms with E-state index in [9.17, 15) is 4.79 Å². The molecule has 4 rings (SSSR count). The number of benzene rings is 1. The van der Waals surface area contributed by atoms with Crippen molar-refractivity contribution in [1.29, 1.82) is 0 Å². The Morgan fingerprint density at radius 1 is 1.30 bits per heavy atom. The van der Waals surface area contributed by atoms with Gasteiger partial charge in [-0.05, 0) is 38.8 Å². The molecule has 1 aliphatic rings. The summed E-state index contributed by atoms with van der Waals surface area (Å²) in [4.78, 5) is 15.1. The number of nitrogens with zero attached hydrogens (tertiary/aromatic N) is 4. The summed E-state index contributed by atoms with van der Waals surface area (Å²) in [5.74, 6) is 1.45. The van der Waals surface area contributed by atoms with Crippen molar-refractivity contribution >= 4 is 5.91 Å². The maximum Gasteiger partial charge on any atom is 0.257 e. The molecule has 1 unspecified atom stereocenters. The molecule has 3 heterocycles. The van der Waals surface area contributed by atoms with Crippen LogP contribution in [0.1, 0.15) is 46.3 Å². The lowest BCUT2D eigenvalue weighted by Crippen LogP contribution is -2.30. The minimum atomic E-state index is -0.0290. The Hall–Kier alpha value is -3.09. The normalized spacial score (nSPS) is 16.7. The molecule has 1 fully saturated rings. The molecule has 2 aromatic heterocycles. The van der Waals surface area contributed by atoms with Gasteiger partial charge in [-0.3, -0.25) is 4.79 Å². The maximum atomic E-state index is 13.2. The zero-order valence-corrected chi connectivity index (χ0v) is 15.7. The van der Waals surface area contributed by atoms with Crippen LogP contribution in [0.15, 0.2) is 41.2 Å². The number of para-hydroxylation sites is 2. The second-order valence-corrected chi connectivity index (χ2v) is 6.74. The fourth-order valence-electron chi connectivity index (χ4n) is 3.83. The van der Waals surface area contributed by atoms with Gasteiger partial charge in [0.25, 0.3) is 5.91 Å². The molecule has 7 heteroatoms. The quantitative estimate of drug-likeness (QED) is 0.707. The van der Waals surface area contributed by atoms with E-state index in [1.807, 2.05) is 43.0 Å². The zero-order valence-electron chi connectivity index (χ0n) is 15.7. The van der Waals surface area contributed by atoms with Gasteiger partial charge in [0.15, 0.2) is 0 Å². The average molecular weight is 366 g/mol. The van der Waals surface area contributed by atoms with Crippen LogP contribution in [0.2, 0.25) is 0 Å². The molecule has 3 aromatic rings. The van der Waals surface area contributed by atoms with Crippen LogP contribution < -0.4 is 4.74 Å². The summed E-state index contributed by atoms with van der Waals surface area (Å²) in [6, 6.07) is 7.58. The lowest BCUT2D eigenvalue weighted by atomic mass is 10.0. The topological polar surface area (TPSA) is 73.4 Å². The molecule has 0 radical (unpaired) electrons. The number of rotatable bonds is 4. The SMILES string of the molecule is COc1ccccc1-n1cc(C(=O)N2CCCC2c2c(C)noc2C)cn1. The van der Waals surface area contributed by atoms with E-state index in [-0.39, 0.29) is 11.9 Å². The first kappa shape index (κ1) is 17.3. The van der Waals surface area contributed by atoms with E-state index < -0.39 is 0 Å². The van der Waals surface area contributed by atoms with Crippen molar-refractivity contribution in [2.45, 2.75) is 32.7 Å². The highest BCUT2D eigenvalue weighted by Crippen LogP contribution is 2.36. The van der Waals surface area contributed by atoms with Crippen LogP contribution in [0.4, 0.5) is 0 Å². The van der Waals surface area contributed by atoms with Gasteiger partial charge in [0.05, 0.1) is 30.6 Å². The smallest absolute Gasteiger partial charge is 0.257 e. The Kier molecular flexibility index (Phi) is 4.43. The molecule has 0 aliphatic carbocycles. The second kappa shape index (κ2) is 6.90. The highest BCUT2D eigenvalue weighted by Gasteiger charge is 2.34. The molecule has 140 valence electrons. The van der Waals surface area contributed by atoms with E-state index in [1.165, 1.54) is 0 Å². The number of methoxy groups -OCH3 is 1. The monoisotopic (exact) mass is 366 g/mol. The van der Waals surface area contributed by atoms with Crippen LogP contribution in [-0.2, 0) is 0 Å². The number of amides is 1. The molecule has 7 nitrogen and oxygen atoms in total. The van der Waals surface area contributed by atoms with E-state index >= 15 is 0 Å². The average Bonchev–Trinajstić information content (AvgIpc) is 3.41. The van der Waals surface area contributed by atoms with E-state index in [1.54, 1.807) is 24.2 Å². The molecule has 1 saturated heterocycles. The van der Waals surface area contributed by atoms with Gasteiger partial charge in [0.1, 0.15) is 17.2 Å². The molecule has 27 heavy (non-hydrogen) atoms. The molecule has 0 saturated carbocycles. The summed E-state index contributed by atoms with van der Waals surface area (Å²) in [5, 5.41) is 8.42. The molecule has 0 N–H and O–H groups in total. The number of ether oxygens (including phenoxy) is 1.